The number of hydrogen-bond acceptors (Lipinski definition) is 6. The number of aromatic nitrogens is 1. The van der Waals surface area contributed by atoms with Crippen LogP contribution in [0.3, 0.4) is 0 Å². The van der Waals surface area contributed by atoms with Crippen LogP contribution in [0.4, 0.5) is 5.13 Å². The molecule has 0 saturated heterocycles. The van der Waals surface area contributed by atoms with Gasteiger partial charge in [0.05, 0.1) is 23.4 Å². The Morgan fingerprint density at radius 2 is 1.87 bits per heavy atom. The van der Waals surface area contributed by atoms with E-state index in [0.717, 1.165) is 23.4 Å². The number of benzene rings is 2. The number of anilines is 1. The highest BCUT2D eigenvalue weighted by Gasteiger charge is 2.23. The van der Waals surface area contributed by atoms with Crippen LogP contribution in [0, 0.1) is 0 Å². The fraction of sp³-hybridized carbons (Fsp3) is 0.364. The van der Waals surface area contributed by atoms with Crippen LogP contribution in [-0.4, -0.2) is 56.7 Å². The molecule has 30 heavy (non-hydrogen) atoms. The molecule has 0 saturated carbocycles. The maximum absolute atomic E-state index is 13.4. The van der Waals surface area contributed by atoms with Crippen molar-refractivity contribution >= 4 is 44.2 Å². The van der Waals surface area contributed by atoms with Crippen molar-refractivity contribution in [3.8, 4) is 11.5 Å². The van der Waals surface area contributed by atoms with Gasteiger partial charge in [-0.25, -0.2) is 4.98 Å². The summed E-state index contributed by atoms with van der Waals surface area (Å²) in [5, 5.41) is 1.20. The van der Waals surface area contributed by atoms with Crippen molar-refractivity contribution in [2.45, 2.75) is 13.3 Å². The summed E-state index contributed by atoms with van der Waals surface area (Å²) in [5.74, 6) is 1.27. The standard InChI is InChI=1S/C22H26ClN3O3S/c1-5-29-16-9-7-15(8-10-16)21(27)26(14-6-13-25(2)3)22-24-19-18(28-4)12-11-17(23)20(19)30-22/h7-12H,5-6,13-14H2,1-4H3. The van der Waals surface area contributed by atoms with E-state index in [1.807, 2.05) is 33.2 Å². The molecule has 1 heterocycles. The fourth-order valence-electron chi connectivity index (χ4n) is 3.07. The summed E-state index contributed by atoms with van der Waals surface area (Å²) in [6, 6.07) is 10.8. The van der Waals surface area contributed by atoms with Crippen LogP contribution in [0.5, 0.6) is 11.5 Å². The Hall–Kier alpha value is -2.35. The molecular formula is C22H26ClN3O3S. The van der Waals surface area contributed by atoms with Gasteiger partial charge in [-0.1, -0.05) is 22.9 Å². The first-order valence-electron chi connectivity index (χ1n) is 9.77. The maximum Gasteiger partial charge on any atom is 0.260 e. The van der Waals surface area contributed by atoms with Crippen LogP contribution < -0.4 is 14.4 Å². The number of halogens is 1. The van der Waals surface area contributed by atoms with Gasteiger partial charge in [-0.2, -0.15) is 0 Å². The smallest absolute Gasteiger partial charge is 0.260 e. The van der Waals surface area contributed by atoms with Crippen LogP contribution in [0.25, 0.3) is 10.2 Å². The van der Waals surface area contributed by atoms with Gasteiger partial charge < -0.3 is 14.4 Å². The minimum atomic E-state index is -0.106. The molecule has 6 nitrogen and oxygen atoms in total. The van der Waals surface area contributed by atoms with Crippen LogP contribution >= 0.6 is 22.9 Å². The molecule has 2 aromatic carbocycles. The second-order valence-electron chi connectivity index (χ2n) is 6.99. The number of thiazole rings is 1. The number of methoxy groups -OCH3 is 1. The Morgan fingerprint density at radius 1 is 1.13 bits per heavy atom. The van der Waals surface area contributed by atoms with Crippen molar-refractivity contribution in [1.82, 2.24) is 9.88 Å². The third-order valence-corrected chi connectivity index (χ3v) is 6.08. The largest absolute Gasteiger partial charge is 0.494 e. The summed E-state index contributed by atoms with van der Waals surface area (Å²) in [6.45, 7) is 3.92. The highest BCUT2D eigenvalue weighted by molar-refractivity contribution is 7.23. The number of fused-ring (bicyclic) bond motifs is 1. The summed E-state index contributed by atoms with van der Waals surface area (Å²) in [4.78, 5) is 21.9. The van der Waals surface area contributed by atoms with Crippen molar-refractivity contribution in [3.63, 3.8) is 0 Å². The normalized spacial score (nSPS) is 11.1. The van der Waals surface area contributed by atoms with E-state index in [-0.39, 0.29) is 5.91 Å². The Balaban J connectivity index is 1.96. The van der Waals surface area contributed by atoms with E-state index in [4.69, 9.17) is 26.1 Å². The lowest BCUT2D eigenvalue weighted by Gasteiger charge is -2.21. The quantitative estimate of drug-likeness (QED) is 0.464. The van der Waals surface area contributed by atoms with Gasteiger partial charge in [0.25, 0.3) is 5.91 Å². The van der Waals surface area contributed by atoms with Gasteiger partial charge >= 0.3 is 0 Å². The van der Waals surface area contributed by atoms with Gasteiger partial charge in [-0.05, 0) is 70.4 Å². The third kappa shape index (κ3) is 5.03. The first-order valence-corrected chi connectivity index (χ1v) is 11.0. The first-order chi connectivity index (χ1) is 14.4. The number of amides is 1. The monoisotopic (exact) mass is 447 g/mol. The molecule has 0 aliphatic heterocycles. The summed E-state index contributed by atoms with van der Waals surface area (Å²) < 4.78 is 11.7. The van der Waals surface area contributed by atoms with Crippen molar-refractivity contribution in [1.29, 1.82) is 0 Å². The average molecular weight is 448 g/mol. The molecular weight excluding hydrogens is 422 g/mol. The lowest BCUT2D eigenvalue weighted by molar-refractivity contribution is 0.0986. The average Bonchev–Trinajstić information content (AvgIpc) is 3.18. The molecule has 0 aliphatic carbocycles. The zero-order valence-electron chi connectivity index (χ0n) is 17.6. The van der Waals surface area contributed by atoms with E-state index in [0.29, 0.717) is 40.1 Å². The fourth-order valence-corrected chi connectivity index (χ4v) is 4.35. The molecule has 3 aromatic rings. The Bertz CT molecular complexity index is 1000. The molecule has 0 unspecified atom stereocenters. The van der Waals surface area contributed by atoms with Crippen LogP contribution in [0.2, 0.25) is 5.02 Å². The predicted octanol–water partition coefficient (Wildman–Crippen LogP) is 4.96. The molecule has 0 aliphatic rings. The van der Waals surface area contributed by atoms with Crippen LogP contribution in [0.15, 0.2) is 36.4 Å². The summed E-state index contributed by atoms with van der Waals surface area (Å²) in [6.07, 6.45) is 0.816. The van der Waals surface area contributed by atoms with Gasteiger partial charge in [-0.3, -0.25) is 9.69 Å². The topological polar surface area (TPSA) is 54.9 Å². The van der Waals surface area contributed by atoms with Crippen molar-refractivity contribution in [2.75, 3.05) is 45.8 Å². The number of carbonyl (C=O) groups excluding carboxylic acids is 1. The van der Waals surface area contributed by atoms with Crippen LogP contribution in [0.1, 0.15) is 23.7 Å². The maximum atomic E-state index is 13.4. The van der Waals surface area contributed by atoms with E-state index in [1.54, 1.807) is 36.3 Å². The summed E-state index contributed by atoms with van der Waals surface area (Å²) in [5.41, 5.74) is 1.25. The number of rotatable bonds is 9. The second-order valence-corrected chi connectivity index (χ2v) is 8.38. The molecule has 0 N–H and O–H groups in total. The van der Waals surface area contributed by atoms with Gasteiger partial charge in [0, 0.05) is 12.1 Å². The lowest BCUT2D eigenvalue weighted by atomic mass is 10.2. The highest BCUT2D eigenvalue weighted by atomic mass is 35.5. The van der Waals surface area contributed by atoms with Gasteiger partial charge in [-0.15, -0.1) is 0 Å². The number of carbonyl (C=O) groups is 1. The Morgan fingerprint density at radius 3 is 2.50 bits per heavy atom. The van der Waals surface area contributed by atoms with Crippen molar-refractivity contribution in [2.24, 2.45) is 0 Å². The second kappa shape index (κ2) is 10.1. The minimum absolute atomic E-state index is 0.106. The molecule has 8 heteroatoms. The van der Waals surface area contributed by atoms with E-state index < -0.39 is 0 Å². The van der Waals surface area contributed by atoms with E-state index >= 15 is 0 Å². The molecule has 1 amide bonds. The third-order valence-electron chi connectivity index (χ3n) is 4.54. The molecule has 3 rings (SSSR count). The molecule has 0 radical (unpaired) electrons. The molecule has 0 bridgehead atoms. The zero-order valence-corrected chi connectivity index (χ0v) is 19.2. The van der Waals surface area contributed by atoms with Crippen molar-refractivity contribution in [3.05, 3.63) is 47.0 Å². The van der Waals surface area contributed by atoms with Gasteiger partial charge in [0.2, 0.25) is 0 Å². The SMILES string of the molecule is CCOc1ccc(C(=O)N(CCCN(C)C)c2nc3c(OC)ccc(Cl)c3s2)cc1. The molecule has 0 atom stereocenters. The lowest BCUT2D eigenvalue weighted by Crippen LogP contribution is -2.33. The zero-order chi connectivity index (χ0) is 21.7. The minimum Gasteiger partial charge on any atom is -0.494 e. The Kier molecular flexibility index (Phi) is 7.53. The molecule has 0 fully saturated rings. The highest BCUT2D eigenvalue weighted by Crippen LogP contribution is 2.39. The number of ether oxygens (including phenoxy) is 2. The number of hydrogen-bond donors (Lipinski definition) is 0. The molecule has 0 spiro atoms. The summed E-state index contributed by atoms with van der Waals surface area (Å²) in [7, 11) is 5.63. The predicted molar refractivity (Wildman–Crippen MR) is 124 cm³/mol. The van der Waals surface area contributed by atoms with Gasteiger partial charge in [0.1, 0.15) is 17.0 Å². The van der Waals surface area contributed by atoms with E-state index in [9.17, 15) is 4.79 Å². The summed E-state index contributed by atoms with van der Waals surface area (Å²) >= 11 is 7.78. The van der Waals surface area contributed by atoms with Crippen molar-refractivity contribution < 1.29 is 14.3 Å². The van der Waals surface area contributed by atoms with E-state index in [2.05, 4.69) is 4.90 Å². The molecule has 160 valence electrons. The Labute approximate surface area is 186 Å². The van der Waals surface area contributed by atoms with E-state index in [1.165, 1.54) is 11.3 Å². The van der Waals surface area contributed by atoms with Gasteiger partial charge in [0.15, 0.2) is 5.13 Å². The molecule has 1 aromatic heterocycles. The first kappa shape index (κ1) is 22.3. The number of nitrogens with zero attached hydrogens (tertiary/aromatic N) is 3. The van der Waals surface area contributed by atoms with Crippen LogP contribution in [-0.2, 0) is 0 Å².